The molecule has 6 heteroatoms. The molecule has 0 bridgehead atoms. The number of benzene rings is 1. The lowest BCUT2D eigenvalue weighted by Gasteiger charge is -2.26. The molecule has 1 unspecified atom stereocenters. The van der Waals surface area contributed by atoms with Crippen molar-refractivity contribution < 1.29 is 9.59 Å². The number of amides is 2. The van der Waals surface area contributed by atoms with Gasteiger partial charge in [-0.25, -0.2) is 0 Å². The number of nitrogens with one attached hydrogen (secondary N) is 2. The van der Waals surface area contributed by atoms with E-state index in [0.29, 0.717) is 31.0 Å². The second kappa shape index (κ2) is 9.78. The molecule has 0 aromatic heterocycles. The number of halogens is 1. The zero-order valence-electron chi connectivity index (χ0n) is 14.6. The summed E-state index contributed by atoms with van der Waals surface area (Å²) in [6.45, 7) is 4.15. The molecule has 138 valence electrons. The molecular formula is C19H28ClN3O2. The first-order chi connectivity index (χ1) is 11.7. The van der Waals surface area contributed by atoms with E-state index in [9.17, 15) is 9.59 Å². The quantitative estimate of drug-likeness (QED) is 0.810. The summed E-state index contributed by atoms with van der Waals surface area (Å²) < 4.78 is 0. The molecule has 2 saturated heterocycles. The molecule has 2 fully saturated rings. The van der Waals surface area contributed by atoms with Crippen LogP contribution in [0.3, 0.4) is 0 Å². The monoisotopic (exact) mass is 365 g/mol. The Hall–Kier alpha value is -1.59. The summed E-state index contributed by atoms with van der Waals surface area (Å²) in [5.41, 5.74) is 1.98. The van der Waals surface area contributed by atoms with E-state index in [1.165, 1.54) is 12.0 Å². The van der Waals surface area contributed by atoms with Gasteiger partial charge in [0.25, 0.3) is 5.91 Å². The smallest absolute Gasteiger partial charge is 0.251 e. The van der Waals surface area contributed by atoms with Gasteiger partial charge in [-0.1, -0.05) is 12.1 Å². The van der Waals surface area contributed by atoms with Gasteiger partial charge in [-0.2, -0.15) is 0 Å². The van der Waals surface area contributed by atoms with Crippen LogP contribution in [-0.4, -0.2) is 49.4 Å². The maximum atomic E-state index is 12.2. The number of piperidine rings is 1. The number of hydrogen-bond donors (Lipinski definition) is 2. The fraction of sp³-hybridized carbons (Fsp3) is 0.579. The molecule has 0 saturated carbocycles. The summed E-state index contributed by atoms with van der Waals surface area (Å²) in [6, 6.07) is 7.92. The molecular weight excluding hydrogens is 338 g/mol. The van der Waals surface area contributed by atoms with Gasteiger partial charge in [0.2, 0.25) is 5.91 Å². The second-order valence-electron chi connectivity index (χ2n) is 6.85. The largest absolute Gasteiger partial charge is 0.350 e. The SMILES string of the molecule is Cl.O=C(NCCN1CCCCC1=O)c1ccc(CC2CCNC2)cc1. The van der Waals surface area contributed by atoms with Crippen molar-refractivity contribution in [2.75, 3.05) is 32.7 Å². The molecule has 2 heterocycles. The summed E-state index contributed by atoms with van der Waals surface area (Å²) in [5.74, 6) is 0.863. The standard InChI is InChI=1S/C19H27N3O2.ClH/c23-18-3-1-2-11-22(18)12-10-21-19(24)17-6-4-15(5-7-17)13-16-8-9-20-14-16;/h4-7,16,20H,1-3,8-14H2,(H,21,24);1H. The number of hydrogen-bond acceptors (Lipinski definition) is 3. The van der Waals surface area contributed by atoms with Crippen molar-refractivity contribution in [3.8, 4) is 0 Å². The minimum absolute atomic E-state index is 0. The van der Waals surface area contributed by atoms with Crippen LogP contribution in [0.2, 0.25) is 0 Å². The number of likely N-dealkylation sites (tertiary alicyclic amines) is 1. The highest BCUT2D eigenvalue weighted by atomic mass is 35.5. The third kappa shape index (κ3) is 5.72. The van der Waals surface area contributed by atoms with Gasteiger partial charge >= 0.3 is 0 Å². The zero-order valence-corrected chi connectivity index (χ0v) is 15.4. The Labute approximate surface area is 155 Å². The van der Waals surface area contributed by atoms with E-state index in [1.54, 1.807) is 0 Å². The van der Waals surface area contributed by atoms with Crippen molar-refractivity contribution in [3.05, 3.63) is 35.4 Å². The zero-order chi connectivity index (χ0) is 16.8. The third-order valence-corrected chi connectivity index (χ3v) is 4.99. The molecule has 1 aromatic rings. The van der Waals surface area contributed by atoms with E-state index >= 15 is 0 Å². The lowest BCUT2D eigenvalue weighted by molar-refractivity contribution is -0.133. The van der Waals surface area contributed by atoms with Crippen LogP contribution in [0.5, 0.6) is 0 Å². The average molecular weight is 366 g/mol. The summed E-state index contributed by atoms with van der Waals surface area (Å²) in [4.78, 5) is 25.8. The third-order valence-electron chi connectivity index (χ3n) is 4.99. The van der Waals surface area contributed by atoms with Gasteiger partial charge in [0.15, 0.2) is 0 Å². The van der Waals surface area contributed by atoms with Gasteiger partial charge in [0.05, 0.1) is 0 Å². The molecule has 5 nitrogen and oxygen atoms in total. The average Bonchev–Trinajstić information content (AvgIpc) is 3.10. The molecule has 1 aromatic carbocycles. The number of nitrogens with zero attached hydrogens (tertiary/aromatic N) is 1. The van der Waals surface area contributed by atoms with Gasteiger partial charge < -0.3 is 15.5 Å². The molecule has 0 radical (unpaired) electrons. The van der Waals surface area contributed by atoms with Crippen LogP contribution >= 0.6 is 12.4 Å². The minimum atomic E-state index is -0.0615. The minimum Gasteiger partial charge on any atom is -0.350 e. The van der Waals surface area contributed by atoms with Crippen LogP contribution < -0.4 is 10.6 Å². The van der Waals surface area contributed by atoms with Crippen LogP contribution in [0, 0.1) is 5.92 Å². The fourth-order valence-electron chi connectivity index (χ4n) is 3.52. The highest BCUT2D eigenvalue weighted by Gasteiger charge is 2.18. The molecule has 25 heavy (non-hydrogen) atoms. The van der Waals surface area contributed by atoms with Gasteiger partial charge in [-0.15, -0.1) is 12.4 Å². The molecule has 0 spiro atoms. The molecule has 2 aliphatic heterocycles. The van der Waals surface area contributed by atoms with E-state index in [4.69, 9.17) is 0 Å². The Kier molecular flexibility index (Phi) is 7.72. The maximum absolute atomic E-state index is 12.2. The predicted octanol–water partition coefficient (Wildman–Crippen LogP) is 2.00. The Morgan fingerprint density at radius 1 is 1.24 bits per heavy atom. The van der Waals surface area contributed by atoms with E-state index in [2.05, 4.69) is 22.8 Å². The van der Waals surface area contributed by atoms with Crippen molar-refractivity contribution in [2.24, 2.45) is 5.92 Å². The van der Waals surface area contributed by atoms with Gasteiger partial charge in [-0.05, 0) is 62.4 Å². The van der Waals surface area contributed by atoms with E-state index in [0.717, 1.165) is 38.9 Å². The molecule has 3 rings (SSSR count). The highest BCUT2D eigenvalue weighted by Crippen LogP contribution is 2.15. The maximum Gasteiger partial charge on any atom is 0.251 e. The number of carbonyl (C=O) groups is 2. The highest BCUT2D eigenvalue weighted by molar-refractivity contribution is 5.94. The van der Waals surface area contributed by atoms with Gasteiger partial charge in [0, 0.05) is 31.6 Å². The first-order valence-electron chi connectivity index (χ1n) is 9.08. The lowest BCUT2D eigenvalue weighted by atomic mass is 9.98. The van der Waals surface area contributed by atoms with Crippen molar-refractivity contribution in [1.82, 2.24) is 15.5 Å². The molecule has 2 amide bonds. The van der Waals surface area contributed by atoms with E-state index < -0.39 is 0 Å². The lowest BCUT2D eigenvalue weighted by Crippen LogP contribution is -2.41. The Balaban J connectivity index is 0.00000225. The number of carbonyl (C=O) groups excluding carboxylic acids is 2. The molecule has 2 N–H and O–H groups in total. The summed E-state index contributed by atoms with van der Waals surface area (Å²) in [7, 11) is 0. The second-order valence-corrected chi connectivity index (χ2v) is 6.85. The first kappa shape index (κ1) is 19.7. The Bertz CT molecular complexity index is 571. The van der Waals surface area contributed by atoms with Crippen LogP contribution in [0.1, 0.15) is 41.6 Å². The summed E-state index contributed by atoms with van der Waals surface area (Å²) >= 11 is 0. The van der Waals surface area contributed by atoms with Crippen molar-refractivity contribution in [3.63, 3.8) is 0 Å². The van der Waals surface area contributed by atoms with E-state index in [1.807, 2.05) is 17.0 Å². The van der Waals surface area contributed by atoms with E-state index in [-0.39, 0.29) is 24.2 Å². The number of rotatable bonds is 6. The van der Waals surface area contributed by atoms with Crippen molar-refractivity contribution >= 4 is 24.2 Å². The van der Waals surface area contributed by atoms with Crippen LogP contribution in [-0.2, 0) is 11.2 Å². The van der Waals surface area contributed by atoms with Gasteiger partial charge in [-0.3, -0.25) is 9.59 Å². The van der Waals surface area contributed by atoms with Crippen LogP contribution in [0.15, 0.2) is 24.3 Å². The van der Waals surface area contributed by atoms with Crippen molar-refractivity contribution in [1.29, 1.82) is 0 Å². The van der Waals surface area contributed by atoms with Gasteiger partial charge in [0.1, 0.15) is 0 Å². The fourth-order valence-corrected chi connectivity index (χ4v) is 3.52. The van der Waals surface area contributed by atoms with Crippen LogP contribution in [0.4, 0.5) is 0 Å². The topological polar surface area (TPSA) is 61.4 Å². The predicted molar refractivity (Wildman–Crippen MR) is 101 cm³/mol. The Morgan fingerprint density at radius 2 is 2.04 bits per heavy atom. The molecule has 2 aliphatic rings. The first-order valence-corrected chi connectivity index (χ1v) is 9.08. The Morgan fingerprint density at radius 3 is 2.72 bits per heavy atom. The molecule has 0 aliphatic carbocycles. The van der Waals surface area contributed by atoms with Crippen molar-refractivity contribution in [2.45, 2.75) is 32.1 Å². The summed E-state index contributed by atoms with van der Waals surface area (Å²) in [6.07, 6.45) is 5.01. The summed E-state index contributed by atoms with van der Waals surface area (Å²) in [5, 5.41) is 6.30. The molecule has 1 atom stereocenters. The normalized spacial score (nSPS) is 20.2. The van der Waals surface area contributed by atoms with Crippen LogP contribution in [0.25, 0.3) is 0 Å².